The zero-order chi connectivity index (χ0) is 23.8. The second-order valence-electron chi connectivity index (χ2n) is 6.84. The van der Waals surface area contributed by atoms with Gasteiger partial charge in [0.1, 0.15) is 6.54 Å². The normalized spacial score (nSPS) is 12.6. The summed E-state index contributed by atoms with van der Waals surface area (Å²) >= 11 is 1.43. The molecule has 0 aromatic heterocycles. The van der Waals surface area contributed by atoms with E-state index in [1.165, 1.54) is 28.8 Å². The first-order valence-electron chi connectivity index (χ1n) is 10.7. The summed E-state index contributed by atoms with van der Waals surface area (Å²) in [5.41, 5.74) is 5.65. The Balaban J connectivity index is 1.70. The molecule has 0 bridgehead atoms. The number of carbonyl (C=O) groups excluding carboxylic acids is 3. The van der Waals surface area contributed by atoms with Crippen molar-refractivity contribution in [2.24, 2.45) is 0 Å². The number of ether oxygens (including phenoxy) is 3. The molecule has 9 nitrogen and oxygen atoms in total. The van der Waals surface area contributed by atoms with Gasteiger partial charge in [-0.25, -0.2) is 0 Å². The van der Waals surface area contributed by atoms with Crippen LogP contribution in [0.15, 0.2) is 41.3 Å². The number of carbonyl (C=O) groups is 3. The van der Waals surface area contributed by atoms with Crippen LogP contribution in [0.25, 0.3) is 0 Å². The minimum atomic E-state index is -0.561. The molecule has 0 radical (unpaired) electrons. The maximum Gasteiger partial charge on any atom is 0.269 e. The monoisotopic (exact) mass is 473 g/mol. The summed E-state index contributed by atoms with van der Waals surface area (Å²) in [6, 6.07) is 10.4. The summed E-state index contributed by atoms with van der Waals surface area (Å²) in [5, 5.41) is 0. The van der Waals surface area contributed by atoms with Gasteiger partial charge in [-0.15, -0.1) is 11.8 Å². The van der Waals surface area contributed by atoms with Crippen molar-refractivity contribution in [3.05, 3.63) is 42.0 Å². The molecule has 33 heavy (non-hydrogen) atoms. The van der Waals surface area contributed by atoms with E-state index in [0.29, 0.717) is 42.8 Å². The fourth-order valence-electron chi connectivity index (χ4n) is 3.23. The molecule has 3 amide bonds. The number of fused-ring (bicyclic) bond motifs is 1. The van der Waals surface area contributed by atoms with Crippen LogP contribution in [0, 0.1) is 0 Å². The Kier molecular flexibility index (Phi) is 8.42. The van der Waals surface area contributed by atoms with Crippen molar-refractivity contribution in [1.82, 2.24) is 10.9 Å². The number of hydrazine groups is 1. The van der Waals surface area contributed by atoms with Crippen LogP contribution < -0.4 is 30.0 Å². The maximum absolute atomic E-state index is 12.7. The van der Waals surface area contributed by atoms with Crippen LogP contribution in [-0.2, 0) is 9.59 Å². The van der Waals surface area contributed by atoms with Gasteiger partial charge in [0.15, 0.2) is 11.5 Å². The van der Waals surface area contributed by atoms with Crippen molar-refractivity contribution in [1.29, 1.82) is 0 Å². The van der Waals surface area contributed by atoms with Crippen LogP contribution in [0.1, 0.15) is 31.1 Å². The van der Waals surface area contributed by atoms with Gasteiger partial charge in [-0.2, -0.15) is 0 Å². The van der Waals surface area contributed by atoms with E-state index in [0.717, 1.165) is 4.90 Å². The highest BCUT2D eigenvalue weighted by atomic mass is 32.2. The zero-order valence-electron chi connectivity index (χ0n) is 18.8. The average Bonchev–Trinajstić information content (AvgIpc) is 2.81. The quantitative estimate of drug-likeness (QED) is 0.540. The lowest BCUT2D eigenvalue weighted by molar-refractivity contribution is -0.123. The minimum absolute atomic E-state index is 0.172. The molecule has 3 rings (SSSR count). The number of hydrogen-bond donors (Lipinski definition) is 2. The number of nitrogens with zero attached hydrogens (tertiary/aromatic N) is 1. The summed E-state index contributed by atoms with van der Waals surface area (Å²) in [5.74, 6) is 0.151. The molecular weight excluding hydrogens is 446 g/mol. The van der Waals surface area contributed by atoms with Gasteiger partial charge >= 0.3 is 0 Å². The maximum atomic E-state index is 12.7. The molecule has 1 heterocycles. The van der Waals surface area contributed by atoms with Gasteiger partial charge in [0.2, 0.25) is 11.7 Å². The van der Waals surface area contributed by atoms with Gasteiger partial charge in [0.25, 0.3) is 11.8 Å². The number of thioether (sulfide) groups is 1. The van der Waals surface area contributed by atoms with E-state index in [1.807, 2.05) is 39.0 Å². The molecule has 176 valence electrons. The molecule has 0 spiro atoms. The Hall–Kier alpha value is -3.40. The van der Waals surface area contributed by atoms with Crippen LogP contribution in [0.3, 0.4) is 0 Å². The highest BCUT2D eigenvalue weighted by Gasteiger charge is 2.26. The van der Waals surface area contributed by atoms with E-state index in [4.69, 9.17) is 14.2 Å². The lowest BCUT2D eigenvalue weighted by atomic mass is 10.1. The van der Waals surface area contributed by atoms with Gasteiger partial charge in [-0.3, -0.25) is 25.2 Å². The van der Waals surface area contributed by atoms with Crippen LogP contribution in [0.4, 0.5) is 5.69 Å². The Morgan fingerprint density at radius 3 is 2.24 bits per heavy atom. The highest BCUT2D eigenvalue weighted by molar-refractivity contribution is 8.00. The van der Waals surface area contributed by atoms with E-state index in [2.05, 4.69) is 10.9 Å². The van der Waals surface area contributed by atoms with E-state index in [1.54, 1.807) is 6.07 Å². The summed E-state index contributed by atoms with van der Waals surface area (Å²) in [6.07, 6.45) is 0. The van der Waals surface area contributed by atoms with Crippen molar-refractivity contribution in [2.45, 2.75) is 25.7 Å². The van der Waals surface area contributed by atoms with Gasteiger partial charge in [-0.1, -0.05) is 12.1 Å². The van der Waals surface area contributed by atoms with Crippen molar-refractivity contribution < 1.29 is 28.6 Å². The van der Waals surface area contributed by atoms with Gasteiger partial charge < -0.3 is 19.1 Å². The van der Waals surface area contributed by atoms with Crippen LogP contribution >= 0.6 is 11.8 Å². The summed E-state index contributed by atoms with van der Waals surface area (Å²) in [6.45, 7) is 6.41. The van der Waals surface area contributed by atoms with Crippen molar-refractivity contribution in [2.75, 3.05) is 37.0 Å². The lowest BCUT2D eigenvalue weighted by Crippen LogP contribution is -2.48. The zero-order valence-corrected chi connectivity index (χ0v) is 19.6. The topological polar surface area (TPSA) is 106 Å². The Morgan fingerprint density at radius 2 is 1.61 bits per heavy atom. The molecule has 0 fully saturated rings. The lowest BCUT2D eigenvalue weighted by Gasteiger charge is -2.28. The third-order valence-electron chi connectivity index (χ3n) is 4.60. The molecule has 0 saturated heterocycles. The molecule has 2 N–H and O–H groups in total. The van der Waals surface area contributed by atoms with Crippen molar-refractivity contribution in [3.63, 3.8) is 0 Å². The number of rotatable bonds is 9. The third kappa shape index (κ3) is 5.89. The van der Waals surface area contributed by atoms with Gasteiger partial charge in [0, 0.05) is 10.5 Å². The first kappa shape index (κ1) is 24.2. The van der Waals surface area contributed by atoms with E-state index in [-0.39, 0.29) is 23.8 Å². The van der Waals surface area contributed by atoms with E-state index < -0.39 is 11.8 Å². The SMILES string of the molecule is CCOc1cc(C(=O)NNC(=O)CN2C(=O)CSc3ccccc32)cc(OCC)c1OCC. The number of nitrogens with one attached hydrogen (secondary N) is 2. The minimum Gasteiger partial charge on any atom is -0.490 e. The smallest absolute Gasteiger partial charge is 0.269 e. The van der Waals surface area contributed by atoms with Gasteiger partial charge in [-0.05, 0) is 45.0 Å². The fourth-order valence-corrected chi connectivity index (χ4v) is 4.16. The second-order valence-corrected chi connectivity index (χ2v) is 7.86. The van der Waals surface area contributed by atoms with E-state index in [9.17, 15) is 14.4 Å². The van der Waals surface area contributed by atoms with Crippen molar-refractivity contribution >= 4 is 35.2 Å². The number of benzene rings is 2. The van der Waals surface area contributed by atoms with Crippen LogP contribution in [0.2, 0.25) is 0 Å². The molecule has 0 atom stereocenters. The van der Waals surface area contributed by atoms with Crippen LogP contribution in [0.5, 0.6) is 17.2 Å². The Labute approximate surface area is 196 Å². The Bertz CT molecular complexity index is 1000. The summed E-state index contributed by atoms with van der Waals surface area (Å²) in [7, 11) is 0. The molecule has 0 saturated carbocycles. The van der Waals surface area contributed by atoms with Crippen LogP contribution in [-0.4, -0.2) is 49.8 Å². The first-order valence-corrected chi connectivity index (χ1v) is 11.6. The summed E-state index contributed by atoms with van der Waals surface area (Å²) in [4.78, 5) is 39.9. The molecule has 2 aromatic rings. The molecule has 1 aliphatic rings. The number of para-hydroxylation sites is 1. The largest absolute Gasteiger partial charge is 0.490 e. The van der Waals surface area contributed by atoms with Gasteiger partial charge in [0.05, 0.1) is 31.3 Å². The number of hydrogen-bond acceptors (Lipinski definition) is 7. The van der Waals surface area contributed by atoms with E-state index >= 15 is 0 Å². The van der Waals surface area contributed by atoms with Crippen molar-refractivity contribution in [3.8, 4) is 17.2 Å². The predicted molar refractivity (Wildman–Crippen MR) is 125 cm³/mol. The number of amides is 3. The first-order chi connectivity index (χ1) is 16.0. The molecule has 10 heteroatoms. The molecule has 0 aliphatic carbocycles. The second kappa shape index (κ2) is 11.5. The molecule has 2 aromatic carbocycles. The molecule has 0 unspecified atom stereocenters. The fraction of sp³-hybridized carbons (Fsp3) is 0.348. The Morgan fingerprint density at radius 1 is 0.970 bits per heavy atom. The predicted octanol–water partition coefficient (Wildman–Crippen LogP) is 2.78. The third-order valence-corrected chi connectivity index (χ3v) is 5.64. The molecule has 1 aliphatic heterocycles. The summed E-state index contributed by atoms with van der Waals surface area (Å²) < 4.78 is 16.9. The highest BCUT2D eigenvalue weighted by Crippen LogP contribution is 2.39. The average molecular weight is 474 g/mol. The standard InChI is InChI=1S/C23H27N3O6S/c1-4-30-17-11-15(12-18(31-5-2)22(17)32-6-3)23(29)25-24-20(27)13-26-16-9-7-8-10-19(16)33-14-21(26)28/h7-12H,4-6,13-14H2,1-3H3,(H,24,27)(H,25,29). The molecular formula is C23H27N3O6S. The number of anilines is 1.